The number of hydrogen-bond acceptors (Lipinski definition) is 5. The van der Waals surface area contributed by atoms with E-state index in [1.54, 1.807) is 0 Å². The van der Waals surface area contributed by atoms with Gasteiger partial charge in [0, 0.05) is 6.92 Å². The van der Waals surface area contributed by atoms with E-state index in [9.17, 15) is 19.5 Å². The van der Waals surface area contributed by atoms with E-state index < -0.39 is 29.0 Å². The van der Waals surface area contributed by atoms with Crippen LogP contribution in [0.25, 0.3) is 0 Å². The molecule has 80 valence electrons. The van der Waals surface area contributed by atoms with Crippen molar-refractivity contribution in [3.05, 3.63) is 0 Å². The highest BCUT2D eigenvalue weighted by atomic mass is 16.7. The molecule has 0 aromatic heterocycles. The molecule has 0 bridgehead atoms. The van der Waals surface area contributed by atoms with Crippen LogP contribution >= 0.6 is 0 Å². The van der Waals surface area contributed by atoms with Crippen LogP contribution in [0.4, 0.5) is 4.79 Å². The highest BCUT2D eigenvalue weighted by Gasteiger charge is 2.27. The lowest BCUT2D eigenvalue weighted by molar-refractivity contribution is -0.805. The zero-order valence-corrected chi connectivity index (χ0v) is 8.20. The first kappa shape index (κ1) is 12.4. The number of nitrogens with zero attached hydrogens (tertiary/aromatic N) is 1. The Balaban J connectivity index is 4.21. The van der Waals surface area contributed by atoms with E-state index in [2.05, 4.69) is 4.84 Å². The van der Waals surface area contributed by atoms with E-state index in [4.69, 9.17) is 0 Å². The number of carbonyl (C=O) groups is 3. The number of urea groups is 1. The van der Waals surface area contributed by atoms with Gasteiger partial charge in [0.05, 0.1) is 20.1 Å². The number of likely N-dealkylation sites (N-methyl/N-ethyl adjacent to an activating group) is 1. The van der Waals surface area contributed by atoms with Crippen LogP contribution in [-0.4, -0.2) is 43.1 Å². The van der Waals surface area contributed by atoms with Crippen LogP contribution in [-0.2, 0) is 14.4 Å². The molecule has 7 heteroatoms. The van der Waals surface area contributed by atoms with Gasteiger partial charge in [-0.3, -0.25) is 4.79 Å². The average molecular weight is 204 g/mol. The van der Waals surface area contributed by atoms with Crippen molar-refractivity contribution >= 4 is 18.0 Å². The molecule has 0 aromatic rings. The summed E-state index contributed by atoms with van der Waals surface area (Å²) in [6.45, 7) is 0.603. The van der Waals surface area contributed by atoms with Crippen molar-refractivity contribution < 1.29 is 28.8 Å². The summed E-state index contributed by atoms with van der Waals surface area (Å²) in [5, 5.41) is 10.2. The maximum atomic E-state index is 11.2. The molecule has 0 aliphatic carbocycles. The van der Waals surface area contributed by atoms with Crippen LogP contribution in [0.3, 0.4) is 0 Å². The van der Waals surface area contributed by atoms with Crippen LogP contribution in [0.15, 0.2) is 0 Å². The summed E-state index contributed by atoms with van der Waals surface area (Å²) in [6.07, 6.45) is 0. The Morgan fingerprint density at radius 2 is 1.86 bits per heavy atom. The first-order valence-corrected chi connectivity index (χ1v) is 3.76. The van der Waals surface area contributed by atoms with Crippen LogP contribution in [0.1, 0.15) is 6.92 Å². The van der Waals surface area contributed by atoms with Gasteiger partial charge in [-0.15, -0.1) is 5.48 Å². The smallest absolute Gasteiger partial charge is 0.449 e. The van der Waals surface area contributed by atoms with Crippen molar-refractivity contribution in [2.24, 2.45) is 0 Å². The van der Waals surface area contributed by atoms with Crippen molar-refractivity contribution in [3.8, 4) is 0 Å². The lowest BCUT2D eigenvalue weighted by atomic mass is 10.5. The Morgan fingerprint density at radius 3 is 2.21 bits per heavy atom. The fourth-order valence-electron chi connectivity index (χ4n) is 0.634. The summed E-state index contributed by atoms with van der Waals surface area (Å²) in [5.41, 5.74) is 1.82. The van der Waals surface area contributed by atoms with Gasteiger partial charge < -0.3 is 14.7 Å². The largest absolute Gasteiger partial charge is 0.544 e. The highest BCUT2D eigenvalue weighted by Crippen LogP contribution is 1.96. The predicted molar refractivity (Wildman–Crippen MR) is 42.3 cm³/mol. The normalized spacial score (nSPS) is 10.5. The van der Waals surface area contributed by atoms with Crippen molar-refractivity contribution in [1.29, 1.82) is 0 Å². The lowest BCUT2D eigenvalue weighted by Gasteiger charge is -2.25. The highest BCUT2D eigenvalue weighted by molar-refractivity contribution is 5.73. The molecule has 0 spiro atoms. The van der Waals surface area contributed by atoms with Crippen molar-refractivity contribution in [1.82, 2.24) is 5.48 Å². The minimum absolute atomic E-state index is 0.507. The number of rotatable bonds is 2. The summed E-state index contributed by atoms with van der Waals surface area (Å²) in [4.78, 5) is 36.0. The van der Waals surface area contributed by atoms with E-state index in [-0.39, 0.29) is 0 Å². The van der Waals surface area contributed by atoms with Crippen molar-refractivity contribution in [2.45, 2.75) is 6.92 Å². The number of carboxylic acid groups (broad SMARTS) is 1. The number of hydroxylamine groups is 1. The summed E-state index contributed by atoms with van der Waals surface area (Å²) >= 11 is 0. The van der Waals surface area contributed by atoms with Gasteiger partial charge in [-0.25, -0.2) is 9.28 Å². The number of nitrogens with one attached hydrogen (secondary N) is 1. The van der Waals surface area contributed by atoms with E-state index >= 15 is 0 Å². The van der Waals surface area contributed by atoms with Crippen LogP contribution in [0, 0.1) is 0 Å². The SMILES string of the molecule is CC(=O)ONC(=O)[N+](C)(C)CC(=O)[O-]. The topological polar surface area (TPSA) is 95.5 Å². The van der Waals surface area contributed by atoms with Gasteiger partial charge >= 0.3 is 12.0 Å². The maximum absolute atomic E-state index is 11.2. The minimum Gasteiger partial charge on any atom is -0.544 e. The van der Waals surface area contributed by atoms with E-state index in [0.717, 1.165) is 6.92 Å². The molecule has 0 unspecified atom stereocenters. The Morgan fingerprint density at radius 1 is 1.36 bits per heavy atom. The molecule has 1 N–H and O–H groups in total. The van der Waals surface area contributed by atoms with E-state index in [0.29, 0.717) is 0 Å². The van der Waals surface area contributed by atoms with Gasteiger partial charge in [0.25, 0.3) is 0 Å². The fourth-order valence-corrected chi connectivity index (χ4v) is 0.634. The third-order valence-corrected chi connectivity index (χ3v) is 1.36. The summed E-state index contributed by atoms with van der Waals surface area (Å²) in [6, 6.07) is -0.746. The number of carbonyl (C=O) groups excluding carboxylic acids is 3. The molecule has 0 fully saturated rings. The Labute approximate surface area is 80.8 Å². The number of amides is 2. The molecular formula is C7H12N2O5. The summed E-state index contributed by atoms with van der Waals surface area (Å²) < 4.78 is -0.518. The standard InChI is InChI=1S/C7H12N2O5/c1-5(10)14-8-7(13)9(2,3)4-6(11)12/h4H2,1-3H3,(H-,8,11,12,13). The van der Waals surface area contributed by atoms with Crippen molar-refractivity contribution in [2.75, 3.05) is 20.6 Å². The molecule has 7 nitrogen and oxygen atoms in total. The van der Waals surface area contributed by atoms with Gasteiger partial charge in [0.1, 0.15) is 6.54 Å². The Hall–Kier alpha value is -1.63. The number of hydrogen-bond donors (Lipinski definition) is 1. The van der Waals surface area contributed by atoms with Crippen molar-refractivity contribution in [3.63, 3.8) is 0 Å². The number of quaternary nitrogens is 1. The Kier molecular flexibility index (Phi) is 4.03. The zero-order valence-electron chi connectivity index (χ0n) is 8.20. The second-order valence-electron chi connectivity index (χ2n) is 3.22. The maximum Gasteiger partial charge on any atom is 0.449 e. The number of aliphatic carboxylic acids is 1. The quantitative estimate of drug-likeness (QED) is 0.414. The van der Waals surface area contributed by atoms with Crippen LogP contribution in [0.2, 0.25) is 0 Å². The molecule has 0 aromatic carbocycles. The molecule has 0 radical (unpaired) electrons. The van der Waals surface area contributed by atoms with Gasteiger partial charge in [-0.1, -0.05) is 0 Å². The third-order valence-electron chi connectivity index (χ3n) is 1.36. The first-order valence-electron chi connectivity index (χ1n) is 3.76. The average Bonchev–Trinajstić information content (AvgIpc) is 1.97. The second kappa shape index (κ2) is 4.56. The lowest BCUT2D eigenvalue weighted by Crippen LogP contribution is -2.56. The van der Waals surface area contributed by atoms with Crippen LogP contribution < -0.4 is 10.6 Å². The fraction of sp³-hybridized carbons (Fsp3) is 0.571. The Bertz CT molecular complexity index is 261. The van der Waals surface area contributed by atoms with E-state index in [1.165, 1.54) is 14.1 Å². The van der Waals surface area contributed by atoms with Gasteiger partial charge in [-0.2, -0.15) is 0 Å². The van der Waals surface area contributed by atoms with Gasteiger partial charge in [0.15, 0.2) is 0 Å². The molecule has 0 aliphatic heterocycles. The summed E-state index contributed by atoms with van der Waals surface area (Å²) in [5.74, 6) is -2.06. The molecule has 0 rings (SSSR count). The third kappa shape index (κ3) is 4.41. The molecule has 0 atom stereocenters. The molecular weight excluding hydrogens is 192 g/mol. The first-order chi connectivity index (χ1) is 6.25. The van der Waals surface area contributed by atoms with Gasteiger partial charge in [0.2, 0.25) is 0 Å². The monoisotopic (exact) mass is 204 g/mol. The van der Waals surface area contributed by atoms with Gasteiger partial charge in [-0.05, 0) is 0 Å². The molecule has 0 saturated carbocycles. The summed E-state index contributed by atoms with van der Waals surface area (Å²) in [7, 11) is 2.68. The molecule has 2 amide bonds. The molecule has 0 aliphatic rings. The van der Waals surface area contributed by atoms with E-state index in [1.807, 2.05) is 5.48 Å². The molecule has 14 heavy (non-hydrogen) atoms. The predicted octanol–water partition coefficient (Wildman–Crippen LogP) is -2.00. The zero-order chi connectivity index (χ0) is 11.4. The van der Waals surface area contributed by atoms with Crippen LogP contribution in [0.5, 0.6) is 0 Å². The molecule has 0 heterocycles. The second-order valence-corrected chi connectivity index (χ2v) is 3.22. The minimum atomic E-state index is -1.37. The number of carboxylic acids is 1. The molecule has 0 saturated heterocycles.